The Morgan fingerprint density at radius 1 is 1.05 bits per heavy atom. The summed E-state index contributed by atoms with van der Waals surface area (Å²) in [6.07, 6.45) is -0.0895. The fraction of sp³-hybridized carbons (Fsp3) is 0.0714. The van der Waals surface area contributed by atoms with Crippen molar-refractivity contribution in [2.75, 3.05) is 5.73 Å². The standard InChI is InChI=1S/C14H9Cl2F2NO/c15-9-5-8(6-10(16)14(9)19)13(20)4-7-1-2-11(17)12(18)3-7/h1-3,5-6H,4,19H2. The van der Waals surface area contributed by atoms with Gasteiger partial charge in [0, 0.05) is 12.0 Å². The van der Waals surface area contributed by atoms with Gasteiger partial charge in [0.1, 0.15) is 0 Å². The minimum Gasteiger partial charge on any atom is -0.396 e. The number of nitrogens with two attached hydrogens (primary N) is 1. The van der Waals surface area contributed by atoms with Crippen molar-refractivity contribution in [1.82, 2.24) is 0 Å². The highest BCUT2D eigenvalue weighted by Gasteiger charge is 2.13. The van der Waals surface area contributed by atoms with Gasteiger partial charge in [-0.25, -0.2) is 8.78 Å². The third kappa shape index (κ3) is 3.08. The predicted octanol–water partition coefficient (Wildman–Crippen LogP) is 4.28. The van der Waals surface area contributed by atoms with Crippen LogP contribution in [0.25, 0.3) is 0 Å². The number of benzene rings is 2. The molecule has 20 heavy (non-hydrogen) atoms. The first-order valence-corrected chi connectivity index (χ1v) is 6.35. The number of rotatable bonds is 3. The summed E-state index contributed by atoms with van der Waals surface area (Å²) in [6, 6.07) is 6.08. The van der Waals surface area contributed by atoms with Crippen molar-refractivity contribution >= 4 is 34.7 Å². The molecule has 104 valence electrons. The fourth-order valence-electron chi connectivity index (χ4n) is 1.68. The van der Waals surface area contributed by atoms with Gasteiger partial charge in [0.2, 0.25) is 0 Å². The number of halogens is 4. The van der Waals surface area contributed by atoms with Crippen molar-refractivity contribution in [3.8, 4) is 0 Å². The van der Waals surface area contributed by atoms with E-state index in [1.165, 1.54) is 18.2 Å². The van der Waals surface area contributed by atoms with Crippen LogP contribution in [0.2, 0.25) is 10.0 Å². The van der Waals surface area contributed by atoms with Crippen molar-refractivity contribution in [2.45, 2.75) is 6.42 Å². The van der Waals surface area contributed by atoms with Crippen LogP contribution in [0.4, 0.5) is 14.5 Å². The molecule has 0 atom stereocenters. The lowest BCUT2D eigenvalue weighted by atomic mass is 10.0. The van der Waals surface area contributed by atoms with Crippen LogP contribution < -0.4 is 5.73 Å². The Balaban J connectivity index is 2.26. The Hall–Kier alpha value is -1.65. The van der Waals surface area contributed by atoms with Gasteiger partial charge in [-0.1, -0.05) is 29.3 Å². The first kappa shape index (κ1) is 14.8. The molecule has 2 nitrogen and oxygen atoms in total. The zero-order chi connectivity index (χ0) is 14.9. The van der Waals surface area contributed by atoms with Crippen LogP contribution in [0.15, 0.2) is 30.3 Å². The van der Waals surface area contributed by atoms with E-state index in [0.29, 0.717) is 5.56 Å². The van der Waals surface area contributed by atoms with Crippen molar-refractivity contribution in [3.05, 3.63) is 63.1 Å². The normalized spacial score (nSPS) is 10.6. The zero-order valence-electron chi connectivity index (χ0n) is 10.1. The van der Waals surface area contributed by atoms with E-state index < -0.39 is 11.6 Å². The molecule has 0 saturated carbocycles. The number of Topliss-reactive ketones (excluding diaryl/α,β-unsaturated/α-hetero) is 1. The molecule has 2 rings (SSSR count). The van der Waals surface area contributed by atoms with Gasteiger partial charge < -0.3 is 5.73 Å². The van der Waals surface area contributed by atoms with Gasteiger partial charge >= 0.3 is 0 Å². The lowest BCUT2D eigenvalue weighted by Gasteiger charge is -2.06. The molecule has 0 saturated heterocycles. The van der Waals surface area contributed by atoms with Crippen LogP contribution in [-0.4, -0.2) is 5.78 Å². The molecule has 0 fully saturated rings. The van der Waals surface area contributed by atoms with E-state index in [2.05, 4.69) is 0 Å². The maximum Gasteiger partial charge on any atom is 0.167 e. The van der Waals surface area contributed by atoms with Crippen molar-refractivity contribution < 1.29 is 13.6 Å². The Labute approximate surface area is 124 Å². The molecule has 0 spiro atoms. The first-order valence-electron chi connectivity index (χ1n) is 5.60. The lowest BCUT2D eigenvalue weighted by molar-refractivity contribution is 0.0993. The summed E-state index contributed by atoms with van der Waals surface area (Å²) < 4.78 is 25.9. The molecule has 0 aliphatic carbocycles. The molecular weight excluding hydrogens is 307 g/mol. The molecule has 2 aromatic rings. The molecule has 2 aromatic carbocycles. The number of nitrogen functional groups attached to an aromatic ring is 1. The topological polar surface area (TPSA) is 43.1 Å². The number of carbonyl (C=O) groups is 1. The second kappa shape index (κ2) is 5.77. The highest BCUT2D eigenvalue weighted by molar-refractivity contribution is 6.39. The molecule has 0 heterocycles. The van der Waals surface area contributed by atoms with Crippen LogP contribution in [0, 0.1) is 11.6 Å². The average molecular weight is 316 g/mol. The lowest BCUT2D eigenvalue weighted by Crippen LogP contribution is -2.05. The third-order valence-electron chi connectivity index (χ3n) is 2.75. The monoisotopic (exact) mass is 315 g/mol. The Morgan fingerprint density at radius 3 is 2.20 bits per heavy atom. The van der Waals surface area contributed by atoms with Crippen LogP contribution in [0.5, 0.6) is 0 Å². The van der Waals surface area contributed by atoms with Gasteiger partial charge in [0.15, 0.2) is 17.4 Å². The molecule has 0 unspecified atom stereocenters. The maximum atomic E-state index is 13.1. The van der Waals surface area contributed by atoms with Crippen LogP contribution >= 0.6 is 23.2 Å². The highest BCUT2D eigenvalue weighted by Crippen LogP contribution is 2.29. The van der Waals surface area contributed by atoms with E-state index in [1.807, 2.05) is 0 Å². The SMILES string of the molecule is Nc1c(Cl)cc(C(=O)Cc2ccc(F)c(F)c2)cc1Cl. The molecule has 0 bridgehead atoms. The van der Waals surface area contributed by atoms with Crippen LogP contribution in [0.3, 0.4) is 0 Å². The Morgan fingerprint density at radius 2 is 1.65 bits per heavy atom. The van der Waals surface area contributed by atoms with Gasteiger partial charge in [-0.15, -0.1) is 0 Å². The summed E-state index contributed by atoms with van der Waals surface area (Å²) in [4.78, 5) is 12.1. The highest BCUT2D eigenvalue weighted by atomic mass is 35.5. The van der Waals surface area contributed by atoms with Gasteiger partial charge in [-0.3, -0.25) is 4.79 Å². The maximum absolute atomic E-state index is 13.1. The largest absolute Gasteiger partial charge is 0.396 e. The summed E-state index contributed by atoms with van der Waals surface area (Å²) in [7, 11) is 0. The number of hydrogen-bond acceptors (Lipinski definition) is 2. The summed E-state index contributed by atoms with van der Waals surface area (Å²) in [5.41, 5.74) is 6.39. The average Bonchev–Trinajstić information content (AvgIpc) is 2.39. The van der Waals surface area contributed by atoms with Crippen molar-refractivity contribution in [1.29, 1.82) is 0 Å². The summed E-state index contributed by atoms with van der Waals surface area (Å²) in [6.45, 7) is 0. The molecule has 0 aliphatic heterocycles. The quantitative estimate of drug-likeness (QED) is 0.678. The molecule has 0 radical (unpaired) electrons. The minimum atomic E-state index is -0.997. The number of ketones is 1. The second-order valence-corrected chi connectivity index (χ2v) is 5.02. The molecule has 0 aromatic heterocycles. The van der Waals surface area contributed by atoms with Crippen LogP contribution in [-0.2, 0) is 6.42 Å². The van der Waals surface area contributed by atoms with Gasteiger partial charge in [-0.05, 0) is 29.8 Å². The Bertz CT molecular complexity index is 666. The zero-order valence-corrected chi connectivity index (χ0v) is 11.6. The van der Waals surface area contributed by atoms with Crippen LogP contribution in [0.1, 0.15) is 15.9 Å². The molecule has 6 heteroatoms. The molecular formula is C14H9Cl2F2NO. The van der Waals surface area contributed by atoms with E-state index in [-0.39, 0.29) is 33.5 Å². The summed E-state index contributed by atoms with van der Waals surface area (Å²) in [5.74, 6) is -2.27. The number of anilines is 1. The van der Waals surface area contributed by atoms with Crippen molar-refractivity contribution in [2.24, 2.45) is 0 Å². The van der Waals surface area contributed by atoms with Gasteiger partial charge in [0.25, 0.3) is 0 Å². The molecule has 0 aliphatic rings. The van der Waals surface area contributed by atoms with Gasteiger partial charge in [-0.2, -0.15) is 0 Å². The fourth-order valence-corrected chi connectivity index (χ4v) is 2.17. The van der Waals surface area contributed by atoms with E-state index in [1.54, 1.807) is 0 Å². The molecule has 2 N–H and O–H groups in total. The third-order valence-corrected chi connectivity index (χ3v) is 3.38. The number of carbonyl (C=O) groups excluding carboxylic acids is 1. The summed E-state index contributed by atoms with van der Waals surface area (Å²) >= 11 is 11.7. The minimum absolute atomic E-state index is 0.0895. The predicted molar refractivity (Wildman–Crippen MR) is 75.3 cm³/mol. The Kier molecular flexibility index (Phi) is 4.26. The molecule has 0 amide bonds. The first-order chi connectivity index (χ1) is 9.38. The van der Waals surface area contributed by atoms with Gasteiger partial charge in [0.05, 0.1) is 15.7 Å². The van der Waals surface area contributed by atoms with E-state index >= 15 is 0 Å². The van der Waals surface area contributed by atoms with E-state index in [9.17, 15) is 13.6 Å². The van der Waals surface area contributed by atoms with Crippen molar-refractivity contribution in [3.63, 3.8) is 0 Å². The number of hydrogen-bond donors (Lipinski definition) is 1. The van der Waals surface area contributed by atoms with E-state index in [0.717, 1.165) is 12.1 Å². The van der Waals surface area contributed by atoms with E-state index in [4.69, 9.17) is 28.9 Å². The smallest absolute Gasteiger partial charge is 0.167 e. The second-order valence-electron chi connectivity index (χ2n) is 4.20. The summed E-state index contributed by atoms with van der Waals surface area (Å²) in [5, 5.41) is 0.345.